The predicted molar refractivity (Wildman–Crippen MR) is 93.2 cm³/mol. The average Bonchev–Trinajstić information content (AvgIpc) is 2.76. The van der Waals surface area contributed by atoms with E-state index in [1.54, 1.807) is 17.3 Å². The quantitative estimate of drug-likeness (QED) is 0.768. The zero-order valence-electron chi connectivity index (χ0n) is 14.3. The smallest absolute Gasteiger partial charge is 0.243 e. The lowest BCUT2D eigenvalue weighted by atomic mass is 10.0. The summed E-state index contributed by atoms with van der Waals surface area (Å²) >= 11 is 0. The minimum Gasteiger partial charge on any atom is -0.342 e. The molecule has 0 aliphatic carbocycles. The van der Waals surface area contributed by atoms with Crippen molar-refractivity contribution in [3.63, 3.8) is 0 Å². The summed E-state index contributed by atoms with van der Waals surface area (Å²) in [5, 5.41) is 0. The molecule has 1 aromatic carbocycles. The van der Waals surface area contributed by atoms with Gasteiger partial charge in [0.05, 0.1) is 4.90 Å². The minimum atomic E-state index is -3.46. The van der Waals surface area contributed by atoms with E-state index in [4.69, 9.17) is 0 Å². The standard InChI is InChI=1S/C18H24N2O3S/c1-14-4-3-9-20(13-14)24(22,23)18-6-5-16-7-10-19(15(2)21)11-8-17(16)12-18/h4-6,12H,3,7-11,13H2,1-2H3. The fourth-order valence-electron chi connectivity index (χ4n) is 3.41. The lowest BCUT2D eigenvalue weighted by Gasteiger charge is -2.25. The maximum atomic E-state index is 12.9. The number of carbonyl (C=O) groups excluding carboxylic acids is 1. The molecule has 0 unspecified atom stereocenters. The van der Waals surface area contributed by atoms with E-state index >= 15 is 0 Å². The van der Waals surface area contributed by atoms with Gasteiger partial charge >= 0.3 is 0 Å². The van der Waals surface area contributed by atoms with E-state index in [0.717, 1.165) is 29.5 Å². The van der Waals surface area contributed by atoms with Gasteiger partial charge in [-0.15, -0.1) is 0 Å². The van der Waals surface area contributed by atoms with Crippen LogP contribution in [0.5, 0.6) is 0 Å². The Hall–Kier alpha value is -1.66. The number of fused-ring (bicyclic) bond motifs is 1. The van der Waals surface area contributed by atoms with Crippen LogP contribution in [-0.4, -0.2) is 49.7 Å². The third kappa shape index (κ3) is 3.39. The van der Waals surface area contributed by atoms with Crippen molar-refractivity contribution in [2.24, 2.45) is 0 Å². The second-order valence-electron chi connectivity index (χ2n) is 6.61. The van der Waals surface area contributed by atoms with Crippen LogP contribution >= 0.6 is 0 Å². The molecule has 0 fully saturated rings. The number of hydrogen-bond donors (Lipinski definition) is 0. The maximum absolute atomic E-state index is 12.9. The number of hydrogen-bond acceptors (Lipinski definition) is 3. The van der Waals surface area contributed by atoms with Gasteiger partial charge in [-0.2, -0.15) is 4.31 Å². The molecule has 0 spiro atoms. The summed E-state index contributed by atoms with van der Waals surface area (Å²) in [5.74, 6) is 0.0752. The highest BCUT2D eigenvalue weighted by atomic mass is 32.2. The number of nitrogens with zero attached hydrogens (tertiary/aromatic N) is 2. The number of carbonyl (C=O) groups is 1. The van der Waals surface area contributed by atoms with Gasteiger partial charge in [-0.05, 0) is 49.4 Å². The maximum Gasteiger partial charge on any atom is 0.243 e. The van der Waals surface area contributed by atoms with E-state index in [-0.39, 0.29) is 5.91 Å². The summed E-state index contributed by atoms with van der Waals surface area (Å²) < 4.78 is 27.4. The third-order valence-electron chi connectivity index (χ3n) is 4.86. The molecule has 6 heteroatoms. The molecule has 2 aliphatic rings. The van der Waals surface area contributed by atoms with E-state index in [2.05, 4.69) is 6.08 Å². The van der Waals surface area contributed by atoms with Crippen molar-refractivity contribution in [1.29, 1.82) is 0 Å². The highest BCUT2D eigenvalue weighted by molar-refractivity contribution is 7.89. The second-order valence-corrected chi connectivity index (χ2v) is 8.55. The molecule has 0 saturated carbocycles. The van der Waals surface area contributed by atoms with Crippen molar-refractivity contribution in [3.05, 3.63) is 41.0 Å². The van der Waals surface area contributed by atoms with Gasteiger partial charge in [0.15, 0.2) is 0 Å². The Morgan fingerprint density at radius 1 is 1.08 bits per heavy atom. The summed E-state index contributed by atoms with van der Waals surface area (Å²) in [4.78, 5) is 13.8. The first-order chi connectivity index (χ1) is 11.4. The highest BCUT2D eigenvalue weighted by Crippen LogP contribution is 2.25. The van der Waals surface area contributed by atoms with Gasteiger partial charge in [0, 0.05) is 33.1 Å². The Kier molecular flexibility index (Phi) is 4.78. The van der Waals surface area contributed by atoms with Crippen LogP contribution in [-0.2, 0) is 27.7 Å². The zero-order valence-corrected chi connectivity index (χ0v) is 15.1. The molecule has 0 bridgehead atoms. The van der Waals surface area contributed by atoms with Gasteiger partial charge in [0.1, 0.15) is 0 Å². The molecular weight excluding hydrogens is 324 g/mol. The van der Waals surface area contributed by atoms with E-state index in [1.807, 2.05) is 24.0 Å². The summed E-state index contributed by atoms with van der Waals surface area (Å²) in [7, 11) is -3.46. The van der Waals surface area contributed by atoms with Crippen LogP contribution in [0, 0.1) is 0 Å². The summed E-state index contributed by atoms with van der Waals surface area (Å²) in [5.41, 5.74) is 3.29. The Morgan fingerprint density at radius 2 is 1.79 bits per heavy atom. The molecule has 1 amide bonds. The lowest BCUT2D eigenvalue weighted by Crippen LogP contribution is -2.35. The van der Waals surface area contributed by atoms with Crippen molar-refractivity contribution < 1.29 is 13.2 Å². The predicted octanol–water partition coefficient (Wildman–Crippen LogP) is 1.97. The Bertz CT molecular complexity index is 783. The zero-order chi connectivity index (χ0) is 17.3. The first kappa shape index (κ1) is 17.2. The van der Waals surface area contributed by atoms with E-state index in [0.29, 0.717) is 37.5 Å². The molecule has 0 aromatic heterocycles. The van der Waals surface area contributed by atoms with Crippen LogP contribution in [0.25, 0.3) is 0 Å². The lowest BCUT2D eigenvalue weighted by molar-refractivity contribution is -0.128. The molecule has 1 aromatic rings. The monoisotopic (exact) mass is 348 g/mol. The van der Waals surface area contributed by atoms with Crippen LogP contribution in [0.2, 0.25) is 0 Å². The summed E-state index contributed by atoms with van der Waals surface area (Å²) in [6.07, 6.45) is 4.35. The van der Waals surface area contributed by atoms with E-state index in [1.165, 1.54) is 0 Å². The van der Waals surface area contributed by atoms with Crippen molar-refractivity contribution in [2.45, 2.75) is 38.0 Å². The van der Waals surface area contributed by atoms with Crippen molar-refractivity contribution in [1.82, 2.24) is 9.21 Å². The van der Waals surface area contributed by atoms with Gasteiger partial charge in [-0.25, -0.2) is 8.42 Å². The van der Waals surface area contributed by atoms with Gasteiger partial charge in [-0.1, -0.05) is 17.7 Å². The molecule has 0 atom stereocenters. The molecule has 0 radical (unpaired) electrons. The largest absolute Gasteiger partial charge is 0.342 e. The third-order valence-corrected chi connectivity index (χ3v) is 6.70. The minimum absolute atomic E-state index is 0.0752. The summed E-state index contributed by atoms with van der Waals surface area (Å²) in [6, 6.07) is 5.44. The number of rotatable bonds is 2. The molecule has 0 N–H and O–H groups in total. The van der Waals surface area contributed by atoms with Gasteiger partial charge in [0.25, 0.3) is 0 Å². The topological polar surface area (TPSA) is 57.7 Å². The second kappa shape index (κ2) is 6.69. The van der Waals surface area contributed by atoms with Gasteiger partial charge < -0.3 is 4.90 Å². The molecule has 5 nitrogen and oxygen atoms in total. The summed E-state index contributed by atoms with van der Waals surface area (Å²) in [6.45, 7) is 5.90. The normalized spacial score (nSPS) is 19.4. The Labute approximate surface area is 144 Å². The molecule has 24 heavy (non-hydrogen) atoms. The first-order valence-electron chi connectivity index (χ1n) is 8.41. The van der Waals surface area contributed by atoms with Crippen LogP contribution in [0.15, 0.2) is 34.7 Å². The highest BCUT2D eigenvalue weighted by Gasteiger charge is 2.27. The van der Waals surface area contributed by atoms with Gasteiger partial charge in [-0.3, -0.25) is 4.79 Å². The Morgan fingerprint density at radius 3 is 2.46 bits per heavy atom. The average molecular weight is 348 g/mol. The van der Waals surface area contributed by atoms with Crippen molar-refractivity contribution in [2.75, 3.05) is 26.2 Å². The number of amides is 1. The molecular formula is C18H24N2O3S. The SMILES string of the molecule is CC(=O)N1CCc2ccc(S(=O)(=O)N3CCC=C(C)C3)cc2CC1. The molecule has 3 rings (SSSR count). The molecule has 2 heterocycles. The number of benzene rings is 1. The van der Waals surface area contributed by atoms with Crippen LogP contribution in [0.1, 0.15) is 31.4 Å². The van der Waals surface area contributed by atoms with E-state index < -0.39 is 10.0 Å². The van der Waals surface area contributed by atoms with Crippen molar-refractivity contribution >= 4 is 15.9 Å². The molecule has 130 valence electrons. The van der Waals surface area contributed by atoms with Crippen LogP contribution in [0.4, 0.5) is 0 Å². The molecule has 0 saturated heterocycles. The van der Waals surface area contributed by atoms with Crippen LogP contribution < -0.4 is 0 Å². The Balaban J connectivity index is 1.87. The van der Waals surface area contributed by atoms with E-state index in [9.17, 15) is 13.2 Å². The number of sulfonamides is 1. The fourth-order valence-corrected chi connectivity index (χ4v) is 4.96. The fraction of sp³-hybridized carbons (Fsp3) is 0.500. The molecule has 2 aliphatic heterocycles. The first-order valence-corrected chi connectivity index (χ1v) is 9.85. The van der Waals surface area contributed by atoms with Gasteiger partial charge in [0.2, 0.25) is 15.9 Å². The van der Waals surface area contributed by atoms with Crippen LogP contribution in [0.3, 0.4) is 0 Å². The van der Waals surface area contributed by atoms with Crippen molar-refractivity contribution in [3.8, 4) is 0 Å².